The van der Waals surface area contributed by atoms with E-state index in [-0.39, 0.29) is 11.7 Å². The maximum Gasteiger partial charge on any atom is 0.253 e. The molecule has 0 saturated carbocycles. The van der Waals surface area contributed by atoms with Crippen molar-refractivity contribution in [2.24, 2.45) is 0 Å². The van der Waals surface area contributed by atoms with Crippen LogP contribution in [0.25, 0.3) is 5.69 Å². The molecule has 0 aliphatic carbocycles. The van der Waals surface area contributed by atoms with Gasteiger partial charge >= 0.3 is 0 Å². The van der Waals surface area contributed by atoms with Crippen molar-refractivity contribution in [2.45, 2.75) is 6.54 Å². The average Bonchev–Trinajstić information content (AvgIpc) is 3.25. The molecule has 7 heteroatoms. The minimum absolute atomic E-state index is 0.0338. The Balaban J connectivity index is 1.35. The first-order valence-electron chi connectivity index (χ1n) is 9.16. The number of nitrogens with zero attached hydrogens (tertiary/aromatic N) is 4. The molecule has 0 bridgehead atoms. The maximum absolute atomic E-state index is 13.2. The highest BCUT2D eigenvalue weighted by molar-refractivity contribution is 6.31. The van der Waals surface area contributed by atoms with Gasteiger partial charge in [-0.3, -0.25) is 9.69 Å². The quantitative estimate of drug-likeness (QED) is 0.674. The van der Waals surface area contributed by atoms with Gasteiger partial charge in [-0.15, -0.1) is 0 Å². The molecule has 1 aliphatic heterocycles. The fraction of sp³-hybridized carbons (Fsp3) is 0.238. The minimum atomic E-state index is -0.331. The summed E-state index contributed by atoms with van der Waals surface area (Å²) in [6.45, 7) is 3.46. The van der Waals surface area contributed by atoms with Crippen LogP contribution in [0.2, 0.25) is 5.02 Å². The Kier molecular flexibility index (Phi) is 5.41. The first-order chi connectivity index (χ1) is 13.6. The fourth-order valence-corrected chi connectivity index (χ4v) is 3.59. The highest BCUT2D eigenvalue weighted by Crippen LogP contribution is 2.20. The summed E-state index contributed by atoms with van der Waals surface area (Å²) in [5.41, 5.74) is 2.49. The normalized spacial score (nSPS) is 15.0. The second-order valence-electron chi connectivity index (χ2n) is 6.80. The first-order valence-corrected chi connectivity index (χ1v) is 9.53. The number of hydrogen-bond donors (Lipinski definition) is 0. The number of carbonyl (C=O) groups excluding carboxylic acids is 1. The van der Waals surface area contributed by atoms with E-state index < -0.39 is 0 Å². The van der Waals surface area contributed by atoms with Crippen LogP contribution in [0.15, 0.2) is 60.9 Å². The van der Waals surface area contributed by atoms with E-state index in [1.54, 1.807) is 16.9 Å². The van der Waals surface area contributed by atoms with Crippen molar-refractivity contribution in [1.82, 2.24) is 19.6 Å². The van der Waals surface area contributed by atoms with Crippen LogP contribution in [0.1, 0.15) is 15.9 Å². The predicted octanol–water partition coefficient (Wildman–Crippen LogP) is 3.62. The van der Waals surface area contributed by atoms with Gasteiger partial charge in [0.25, 0.3) is 5.91 Å². The first kappa shape index (κ1) is 18.7. The van der Waals surface area contributed by atoms with Crippen molar-refractivity contribution < 1.29 is 9.18 Å². The third-order valence-electron chi connectivity index (χ3n) is 4.95. The van der Waals surface area contributed by atoms with Gasteiger partial charge in [-0.1, -0.05) is 17.7 Å². The van der Waals surface area contributed by atoms with Gasteiger partial charge in [-0.25, -0.2) is 9.07 Å². The van der Waals surface area contributed by atoms with E-state index in [0.717, 1.165) is 24.3 Å². The number of amides is 1. The van der Waals surface area contributed by atoms with Crippen molar-refractivity contribution >= 4 is 17.5 Å². The van der Waals surface area contributed by atoms with Gasteiger partial charge in [-0.2, -0.15) is 5.10 Å². The molecule has 5 nitrogen and oxygen atoms in total. The van der Waals surface area contributed by atoms with Crippen LogP contribution in [-0.4, -0.2) is 51.7 Å². The van der Waals surface area contributed by atoms with E-state index in [0.29, 0.717) is 30.2 Å². The lowest BCUT2D eigenvalue weighted by Gasteiger charge is -2.35. The molecule has 4 rings (SSSR count). The van der Waals surface area contributed by atoms with E-state index in [2.05, 4.69) is 10.00 Å². The minimum Gasteiger partial charge on any atom is -0.336 e. The molecule has 0 N–H and O–H groups in total. The predicted molar refractivity (Wildman–Crippen MR) is 106 cm³/mol. The van der Waals surface area contributed by atoms with Gasteiger partial charge in [0.05, 0.1) is 5.69 Å². The van der Waals surface area contributed by atoms with Crippen LogP contribution in [0, 0.1) is 5.82 Å². The number of carbonyl (C=O) groups is 1. The molecule has 1 amide bonds. The van der Waals surface area contributed by atoms with Crippen LogP contribution in [-0.2, 0) is 6.54 Å². The SMILES string of the molecule is O=C(c1ccc(-n2cccn2)cc1)N1CCN(Cc2ccc(F)cc2Cl)CC1. The summed E-state index contributed by atoms with van der Waals surface area (Å²) in [6, 6.07) is 13.8. The van der Waals surface area contributed by atoms with E-state index >= 15 is 0 Å². The largest absolute Gasteiger partial charge is 0.336 e. The molecular formula is C21H20ClFN4O. The Morgan fingerprint density at radius 3 is 2.46 bits per heavy atom. The van der Waals surface area contributed by atoms with E-state index in [4.69, 9.17) is 11.6 Å². The third-order valence-corrected chi connectivity index (χ3v) is 5.30. The van der Waals surface area contributed by atoms with Gasteiger partial charge in [0, 0.05) is 55.7 Å². The van der Waals surface area contributed by atoms with Crippen LogP contribution >= 0.6 is 11.6 Å². The average molecular weight is 399 g/mol. The number of hydrogen-bond acceptors (Lipinski definition) is 3. The molecule has 144 valence electrons. The van der Waals surface area contributed by atoms with Gasteiger partial charge in [0.15, 0.2) is 0 Å². The lowest BCUT2D eigenvalue weighted by atomic mass is 10.1. The zero-order chi connectivity index (χ0) is 19.5. The Hall–Kier alpha value is -2.70. The summed E-state index contributed by atoms with van der Waals surface area (Å²) in [4.78, 5) is 16.9. The topological polar surface area (TPSA) is 41.4 Å². The number of benzene rings is 2. The molecule has 2 aromatic carbocycles. The smallest absolute Gasteiger partial charge is 0.253 e. The Morgan fingerprint density at radius 1 is 1.07 bits per heavy atom. The van der Waals surface area contributed by atoms with E-state index in [9.17, 15) is 9.18 Å². The molecule has 2 heterocycles. The second-order valence-corrected chi connectivity index (χ2v) is 7.21. The van der Waals surface area contributed by atoms with Crippen LogP contribution < -0.4 is 0 Å². The molecule has 0 atom stereocenters. The zero-order valence-electron chi connectivity index (χ0n) is 15.3. The molecule has 1 aromatic heterocycles. The van der Waals surface area contributed by atoms with Crippen LogP contribution in [0.3, 0.4) is 0 Å². The third kappa shape index (κ3) is 4.08. The Morgan fingerprint density at radius 2 is 1.82 bits per heavy atom. The standard InChI is InChI=1S/C21H20ClFN4O/c22-20-14-18(23)5-2-17(20)15-25-10-12-26(13-11-25)21(28)16-3-6-19(7-4-16)27-9-1-8-24-27/h1-9,14H,10-13,15H2. The molecule has 0 radical (unpaired) electrons. The lowest BCUT2D eigenvalue weighted by Crippen LogP contribution is -2.48. The van der Waals surface area contributed by atoms with Crippen molar-refractivity contribution in [2.75, 3.05) is 26.2 Å². The summed E-state index contributed by atoms with van der Waals surface area (Å²) >= 11 is 6.12. The van der Waals surface area contributed by atoms with Crippen molar-refractivity contribution in [1.29, 1.82) is 0 Å². The fourth-order valence-electron chi connectivity index (χ4n) is 3.36. The molecule has 1 saturated heterocycles. The Labute approximate surface area is 167 Å². The summed E-state index contributed by atoms with van der Waals surface area (Å²) < 4.78 is 14.9. The molecule has 0 spiro atoms. The van der Waals surface area contributed by atoms with Gasteiger partial charge < -0.3 is 4.90 Å². The van der Waals surface area contributed by atoms with Gasteiger partial charge in [0.1, 0.15) is 5.82 Å². The Bertz CT molecular complexity index is 951. The highest BCUT2D eigenvalue weighted by Gasteiger charge is 2.22. The molecular weight excluding hydrogens is 379 g/mol. The summed E-state index contributed by atoms with van der Waals surface area (Å²) in [6.07, 6.45) is 3.58. The van der Waals surface area contributed by atoms with Gasteiger partial charge in [-0.05, 0) is 48.0 Å². The van der Waals surface area contributed by atoms with E-state index in [1.165, 1.54) is 12.1 Å². The van der Waals surface area contributed by atoms with Crippen LogP contribution in [0.4, 0.5) is 4.39 Å². The van der Waals surface area contributed by atoms with Crippen molar-refractivity contribution in [3.05, 3.63) is 82.9 Å². The molecule has 28 heavy (non-hydrogen) atoms. The summed E-state index contributed by atoms with van der Waals surface area (Å²) in [5.74, 6) is -0.297. The van der Waals surface area contributed by atoms with Crippen molar-refractivity contribution in [3.63, 3.8) is 0 Å². The summed E-state index contributed by atoms with van der Waals surface area (Å²) in [5, 5.41) is 4.63. The number of rotatable bonds is 4. The van der Waals surface area contributed by atoms with Crippen molar-refractivity contribution in [3.8, 4) is 5.69 Å². The lowest BCUT2D eigenvalue weighted by molar-refractivity contribution is 0.0628. The van der Waals surface area contributed by atoms with E-state index in [1.807, 2.05) is 41.4 Å². The zero-order valence-corrected chi connectivity index (χ0v) is 16.0. The monoisotopic (exact) mass is 398 g/mol. The molecule has 1 fully saturated rings. The van der Waals surface area contributed by atoms with Crippen LogP contribution in [0.5, 0.6) is 0 Å². The molecule has 3 aromatic rings. The highest BCUT2D eigenvalue weighted by atomic mass is 35.5. The molecule has 0 unspecified atom stereocenters. The molecule has 1 aliphatic rings. The number of aromatic nitrogens is 2. The summed E-state index contributed by atoms with van der Waals surface area (Å²) in [7, 11) is 0. The second kappa shape index (κ2) is 8.12. The number of piperazine rings is 1. The van der Waals surface area contributed by atoms with Gasteiger partial charge in [0.2, 0.25) is 0 Å². The number of halogens is 2. The maximum atomic E-state index is 13.2.